The zero-order chi connectivity index (χ0) is 9.84. The van der Waals surface area contributed by atoms with E-state index in [-0.39, 0.29) is 16.4 Å². The lowest BCUT2D eigenvalue weighted by atomic mass is 10.00. The predicted octanol–water partition coefficient (Wildman–Crippen LogP) is 1.37. The molecule has 3 nitrogen and oxygen atoms in total. The Labute approximate surface area is 84.9 Å². The van der Waals surface area contributed by atoms with Crippen LogP contribution in [-0.2, 0) is 15.6 Å². The largest absolute Gasteiger partial charge is 0.481 e. The summed E-state index contributed by atoms with van der Waals surface area (Å²) >= 11 is 5.97. The fraction of sp³-hybridized carbons (Fsp3) is 0.875. The molecule has 0 radical (unpaired) electrons. The first-order valence-corrected chi connectivity index (χ1v) is 6.16. The topological polar surface area (TPSA) is 54.4 Å². The molecular formula is C8H13ClO3S. The van der Waals surface area contributed by atoms with E-state index in [0.717, 1.165) is 25.7 Å². The molecule has 0 saturated heterocycles. The van der Waals surface area contributed by atoms with Gasteiger partial charge in [-0.15, -0.1) is 11.6 Å². The smallest absolute Gasteiger partial charge is 0.316 e. The van der Waals surface area contributed by atoms with Crippen LogP contribution in [0.5, 0.6) is 0 Å². The van der Waals surface area contributed by atoms with Crippen molar-refractivity contribution in [1.29, 1.82) is 0 Å². The monoisotopic (exact) mass is 224 g/mol. The maximum absolute atomic E-state index is 11.5. The highest BCUT2D eigenvalue weighted by Gasteiger charge is 2.29. The van der Waals surface area contributed by atoms with Crippen LogP contribution in [0.2, 0.25) is 0 Å². The molecule has 0 amide bonds. The van der Waals surface area contributed by atoms with Crippen LogP contribution in [0.4, 0.5) is 0 Å². The first kappa shape index (κ1) is 11.0. The van der Waals surface area contributed by atoms with Crippen LogP contribution in [0.25, 0.3) is 0 Å². The second-order valence-electron chi connectivity index (χ2n) is 3.26. The number of carbonyl (C=O) groups is 1. The molecule has 0 heterocycles. The molecule has 1 aliphatic rings. The van der Waals surface area contributed by atoms with Gasteiger partial charge in [-0.05, 0) is 12.8 Å². The van der Waals surface area contributed by atoms with E-state index in [1.165, 1.54) is 0 Å². The van der Waals surface area contributed by atoms with Crippen molar-refractivity contribution in [2.45, 2.75) is 36.3 Å². The highest BCUT2D eigenvalue weighted by molar-refractivity contribution is 7.86. The Morgan fingerprint density at radius 2 is 2.08 bits per heavy atom. The van der Waals surface area contributed by atoms with Crippen molar-refractivity contribution in [2.75, 3.05) is 5.75 Å². The number of aliphatic carboxylic acids is 1. The first-order valence-electron chi connectivity index (χ1n) is 4.34. The Balaban J connectivity index is 2.48. The molecular weight excluding hydrogens is 212 g/mol. The zero-order valence-corrected chi connectivity index (χ0v) is 8.81. The van der Waals surface area contributed by atoms with Crippen molar-refractivity contribution >= 4 is 28.4 Å². The summed E-state index contributed by atoms with van der Waals surface area (Å²) in [6, 6.07) is 0. The summed E-state index contributed by atoms with van der Waals surface area (Å²) in [5.41, 5.74) is 0. The van der Waals surface area contributed by atoms with E-state index in [1.807, 2.05) is 0 Å². The van der Waals surface area contributed by atoms with E-state index in [1.54, 1.807) is 0 Å². The van der Waals surface area contributed by atoms with Gasteiger partial charge in [-0.25, -0.2) is 0 Å². The molecule has 0 spiro atoms. The van der Waals surface area contributed by atoms with Gasteiger partial charge in [0, 0.05) is 16.2 Å². The second-order valence-corrected chi connectivity index (χ2v) is 5.47. The third-order valence-electron chi connectivity index (χ3n) is 2.23. The quantitative estimate of drug-likeness (QED) is 0.737. The highest BCUT2D eigenvalue weighted by atomic mass is 35.5. The average molecular weight is 225 g/mol. The van der Waals surface area contributed by atoms with E-state index in [2.05, 4.69) is 0 Å². The molecule has 1 aliphatic carbocycles. The standard InChI is InChI=1S/C8H13ClO3S/c9-6-3-1-2-4-7(6)13(12)5-8(10)11/h6-7H,1-5H2,(H,10,11). The van der Waals surface area contributed by atoms with Gasteiger partial charge in [0.25, 0.3) is 0 Å². The molecule has 0 aromatic heterocycles. The fourth-order valence-corrected chi connectivity index (χ4v) is 3.55. The van der Waals surface area contributed by atoms with Crippen LogP contribution in [-0.4, -0.2) is 31.7 Å². The maximum Gasteiger partial charge on any atom is 0.316 e. The third-order valence-corrected chi connectivity index (χ3v) is 4.67. The van der Waals surface area contributed by atoms with Crippen LogP contribution in [0.3, 0.4) is 0 Å². The van der Waals surface area contributed by atoms with E-state index in [0.29, 0.717) is 0 Å². The van der Waals surface area contributed by atoms with Crippen LogP contribution < -0.4 is 0 Å². The van der Waals surface area contributed by atoms with Crippen molar-refractivity contribution in [1.82, 2.24) is 0 Å². The molecule has 76 valence electrons. The van der Waals surface area contributed by atoms with E-state index in [4.69, 9.17) is 16.7 Å². The van der Waals surface area contributed by atoms with Gasteiger partial charge < -0.3 is 5.11 Å². The van der Waals surface area contributed by atoms with E-state index in [9.17, 15) is 9.00 Å². The maximum atomic E-state index is 11.5. The lowest BCUT2D eigenvalue weighted by Gasteiger charge is -2.25. The summed E-state index contributed by atoms with van der Waals surface area (Å²) in [6.07, 6.45) is 3.74. The number of halogens is 1. The number of carboxylic acids is 1. The van der Waals surface area contributed by atoms with Crippen LogP contribution in [0.1, 0.15) is 25.7 Å². The van der Waals surface area contributed by atoms with Gasteiger partial charge in [0.05, 0.1) is 5.25 Å². The molecule has 3 unspecified atom stereocenters. The second kappa shape index (κ2) is 4.96. The molecule has 1 N–H and O–H groups in total. The minimum Gasteiger partial charge on any atom is -0.481 e. The van der Waals surface area contributed by atoms with Gasteiger partial charge in [-0.3, -0.25) is 9.00 Å². The summed E-state index contributed by atoms with van der Waals surface area (Å²) in [4.78, 5) is 10.3. The van der Waals surface area contributed by atoms with E-state index >= 15 is 0 Å². The Bertz CT molecular complexity index is 219. The highest BCUT2D eigenvalue weighted by Crippen LogP contribution is 2.26. The van der Waals surface area contributed by atoms with Gasteiger partial charge in [-0.1, -0.05) is 12.8 Å². The number of carboxylic acid groups (broad SMARTS) is 1. The van der Waals surface area contributed by atoms with Gasteiger partial charge in [0.2, 0.25) is 0 Å². The molecule has 3 atom stereocenters. The molecule has 0 aromatic rings. The van der Waals surface area contributed by atoms with Crippen molar-refractivity contribution in [3.63, 3.8) is 0 Å². The Hall–Kier alpha value is -0.0900. The molecule has 1 saturated carbocycles. The summed E-state index contributed by atoms with van der Waals surface area (Å²) in [6.45, 7) is 0. The summed E-state index contributed by atoms with van der Waals surface area (Å²) < 4.78 is 11.5. The normalized spacial score (nSPS) is 31.2. The lowest BCUT2D eigenvalue weighted by Crippen LogP contribution is -2.32. The SMILES string of the molecule is O=C(O)CS(=O)C1CCCCC1Cl. The summed E-state index contributed by atoms with van der Waals surface area (Å²) in [5.74, 6) is -1.28. The molecule has 1 rings (SSSR count). The first-order chi connectivity index (χ1) is 6.11. The van der Waals surface area contributed by atoms with E-state index < -0.39 is 16.8 Å². The molecule has 1 fully saturated rings. The van der Waals surface area contributed by atoms with Crippen molar-refractivity contribution in [3.8, 4) is 0 Å². The van der Waals surface area contributed by atoms with Crippen molar-refractivity contribution in [3.05, 3.63) is 0 Å². The van der Waals surface area contributed by atoms with Crippen LogP contribution in [0.15, 0.2) is 0 Å². The summed E-state index contributed by atoms with van der Waals surface area (Å²) in [7, 11) is -1.30. The van der Waals surface area contributed by atoms with Crippen molar-refractivity contribution in [2.24, 2.45) is 0 Å². The number of hydrogen-bond acceptors (Lipinski definition) is 2. The molecule has 5 heteroatoms. The van der Waals surface area contributed by atoms with Gasteiger partial charge in [-0.2, -0.15) is 0 Å². The number of rotatable bonds is 3. The Kier molecular flexibility index (Phi) is 4.19. The Morgan fingerprint density at radius 3 is 2.62 bits per heavy atom. The number of hydrogen-bond donors (Lipinski definition) is 1. The molecule has 0 bridgehead atoms. The minimum atomic E-state index is -1.30. The Morgan fingerprint density at radius 1 is 1.46 bits per heavy atom. The molecule has 0 aliphatic heterocycles. The third kappa shape index (κ3) is 3.27. The van der Waals surface area contributed by atoms with Crippen LogP contribution >= 0.6 is 11.6 Å². The minimum absolute atomic E-state index is 0.103. The van der Waals surface area contributed by atoms with Gasteiger partial charge in [0.1, 0.15) is 5.75 Å². The molecule has 13 heavy (non-hydrogen) atoms. The predicted molar refractivity (Wildman–Crippen MR) is 52.5 cm³/mol. The van der Waals surface area contributed by atoms with Crippen LogP contribution in [0, 0.1) is 0 Å². The lowest BCUT2D eigenvalue weighted by molar-refractivity contribution is -0.133. The van der Waals surface area contributed by atoms with Gasteiger partial charge >= 0.3 is 5.97 Å². The number of alkyl halides is 1. The molecule has 0 aromatic carbocycles. The average Bonchev–Trinajstić information content (AvgIpc) is 2.03. The van der Waals surface area contributed by atoms with Crippen molar-refractivity contribution < 1.29 is 14.1 Å². The fourth-order valence-electron chi connectivity index (χ4n) is 1.58. The van der Waals surface area contributed by atoms with Gasteiger partial charge in [0.15, 0.2) is 0 Å². The summed E-state index contributed by atoms with van der Waals surface area (Å²) in [5, 5.41) is 8.24. The zero-order valence-electron chi connectivity index (χ0n) is 7.24.